The number of ether oxygens (including phenoxy) is 2. The number of para-hydroxylation sites is 2. The first kappa shape index (κ1) is 16.3. The lowest BCUT2D eigenvalue weighted by atomic mass is 10.2. The number of nitrogens with zero attached hydrogens (tertiary/aromatic N) is 1. The van der Waals surface area contributed by atoms with Crippen LogP contribution in [0.4, 0.5) is 5.69 Å². The Morgan fingerprint density at radius 3 is 2.74 bits per heavy atom. The van der Waals surface area contributed by atoms with Crippen molar-refractivity contribution >= 4 is 11.6 Å². The molecule has 0 atom stereocenters. The van der Waals surface area contributed by atoms with Crippen molar-refractivity contribution in [2.45, 2.75) is 6.54 Å². The van der Waals surface area contributed by atoms with Crippen molar-refractivity contribution in [3.8, 4) is 11.5 Å². The fourth-order valence-corrected chi connectivity index (χ4v) is 1.91. The Morgan fingerprint density at radius 2 is 2.00 bits per heavy atom. The van der Waals surface area contributed by atoms with Crippen LogP contribution < -0.4 is 14.8 Å². The first-order chi connectivity index (χ1) is 11.1. The number of benzene rings is 2. The van der Waals surface area contributed by atoms with Crippen molar-refractivity contribution < 1.29 is 19.2 Å². The predicted molar refractivity (Wildman–Crippen MR) is 83.4 cm³/mol. The number of methoxy groups -OCH3 is 1. The number of hydrogen-bond donors (Lipinski definition) is 1. The number of nitrogens with one attached hydrogen (secondary N) is 1. The summed E-state index contributed by atoms with van der Waals surface area (Å²) in [6, 6.07) is 13.2. The molecule has 0 saturated carbocycles. The zero-order chi connectivity index (χ0) is 16.7. The number of carbonyl (C=O) groups excluding carboxylic acids is 1. The van der Waals surface area contributed by atoms with Gasteiger partial charge in [-0.1, -0.05) is 24.3 Å². The molecule has 2 rings (SSSR count). The Kier molecular flexibility index (Phi) is 5.51. The van der Waals surface area contributed by atoms with Crippen LogP contribution in [-0.2, 0) is 11.3 Å². The average molecular weight is 316 g/mol. The Labute approximate surface area is 133 Å². The first-order valence-corrected chi connectivity index (χ1v) is 6.86. The molecule has 0 fully saturated rings. The van der Waals surface area contributed by atoms with Crippen LogP contribution in [-0.4, -0.2) is 24.5 Å². The molecule has 0 aliphatic rings. The van der Waals surface area contributed by atoms with Crippen LogP contribution in [0, 0.1) is 10.1 Å². The highest BCUT2D eigenvalue weighted by Crippen LogP contribution is 2.25. The second-order valence-corrected chi connectivity index (χ2v) is 4.64. The van der Waals surface area contributed by atoms with Crippen molar-refractivity contribution in [2.75, 3.05) is 13.7 Å². The van der Waals surface area contributed by atoms with Gasteiger partial charge in [0, 0.05) is 12.6 Å². The van der Waals surface area contributed by atoms with Crippen molar-refractivity contribution in [2.24, 2.45) is 0 Å². The molecule has 7 heteroatoms. The van der Waals surface area contributed by atoms with Gasteiger partial charge < -0.3 is 14.8 Å². The topological polar surface area (TPSA) is 90.7 Å². The van der Waals surface area contributed by atoms with E-state index >= 15 is 0 Å². The summed E-state index contributed by atoms with van der Waals surface area (Å²) in [6.07, 6.45) is 0. The number of rotatable bonds is 7. The Hall–Kier alpha value is -3.09. The second-order valence-electron chi connectivity index (χ2n) is 4.64. The van der Waals surface area contributed by atoms with E-state index in [1.807, 2.05) is 24.3 Å². The van der Waals surface area contributed by atoms with Gasteiger partial charge in [-0.25, -0.2) is 0 Å². The van der Waals surface area contributed by atoms with E-state index in [9.17, 15) is 14.9 Å². The molecule has 2 aromatic rings. The van der Waals surface area contributed by atoms with Crippen LogP contribution in [0.3, 0.4) is 0 Å². The number of nitro benzene ring substituents is 1. The van der Waals surface area contributed by atoms with Gasteiger partial charge in [0.1, 0.15) is 5.75 Å². The minimum Gasteiger partial charge on any atom is -0.497 e. The highest BCUT2D eigenvalue weighted by molar-refractivity contribution is 5.77. The number of carbonyl (C=O) groups is 1. The maximum atomic E-state index is 11.8. The quantitative estimate of drug-likeness (QED) is 0.625. The minimum absolute atomic E-state index is 0.0639. The van der Waals surface area contributed by atoms with Gasteiger partial charge in [0.25, 0.3) is 5.91 Å². The van der Waals surface area contributed by atoms with E-state index in [0.29, 0.717) is 12.3 Å². The fourth-order valence-electron chi connectivity index (χ4n) is 1.91. The highest BCUT2D eigenvalue weighted by Gasteiger charge is 2.14. The summed E-state index contributed by atoms with van der Waals surface area (Å²) in [5.41, 5.74) is 0.705. The summed E-state index contributed by atoms with van der Waals surface area (Å²) >= 11 is 0. The molecule has 0 spiro atoms. The molecule has 120 valence electrons. The van der Waals surface area contributed by atoms with Crippen LogP contribution in [0.25, 0.3) is 0 Å². The Morgan fingerprint density at radius 1 is 1.22 bits per heavy atom. The van der Waals surface area contributed by atoms with Gasteiger partial charge >= 0.3 is 5.69 Å². The van der Waals surface area contributed by atoms with Crippen LogP contribution >= 0.6 is 0 Å². The molecule has 2 aromatic carbocycles. The number of nitro groups is 1. The molecule has 0 aromatic heterocycles. The van der Waals surface area contributed by atoms with Crippen LogP contribution in [0.1, 0.15) is 5.56 Å². The third kappa shape index (κ3) is 4.70. The van der Waals surface area contributed by atoms with Crippen molar-refractivity contribution in [3.63, 3.8) is 0 Å². The summed E-state index contributed by atoms with van der Waals surface area (Å²) in [5.74, 6) is 0.396. The van der Waals surface area contributed by atoms with Gasteiger partial charge in [-0.15, -0.1) is 0 Å². The smallest absolute Gasteiger partial charge is 0.310 e. The normalized spacial score (nSPS) is 9.96. The molecular formula is C16H16N2O5. The van der Waals surface area contributed by atoms with Gasteiger partial charge in [0.2, 0.25) is 0 Å². The molecule has 1 amide bonds. The largest absolute Gasteiger partial charge is 0.497 e. The van der Waals surface area contributed by atoms with E-state index in [4.69, 9.17) is 9.47 Å². The van der Waals surface area contributed by atoms with Gasteiger partial charge in [0.05, 0.1) is 12.0 Å². The summed E-state index contributed by atoms with van der Waals surface area (Å²) in [6.45, 7) is 0.0189. The van der Waals surface area contributed by atoms with Crippen molar-refractivity contribution in [1.82, 2.24) is 5.32 Å². The third-order valence-electron chi connectivity index (χ3n) is 3.04. The minimum atomic E-state index is -0.552. The number of hydrogen-bond acceptors (Lipinski definition) is 5. The lowest BCUT2D eigenvalue weighted by molar-refractivity contribution is -0.385. The van der Waals surface area contributed by atoms with Gasteiger partial charge in [-0.2, -0.15) is 0 Å². The fraction of sp³-hybridized carbons (Fsp3) is 0.188. The van der Waals surface area contributed by atoms with E-state index in [2.05, 4.69) is 5.32 Å². The zero-order valence-electron chi connectivity index (χ0n) is 12.5. The maximum absolute atomic E-state index is 11.8. The molecule has 0 heterocycles. The van der Waals surface area contributed by atoms with Crippen LogP contribution in [0.2, 0.25) is 0 Å². The maximum Gasteiger partial charge on any atom is 0.310 e. The van der Waals surface area contributed by atoms with Gasteiger partial charge in [-0.05, 0) is 23.8 Å². The molecule has 7 nitrogen and oxygen atoms in total. The van der Waals surface area contributed by atoms with E-state index in [1.54, 1.807) is 13.2 Å². The molecule has 0 aliphatic carbocycles. The summed E-state index contributed by atoms with van der Waals surface area (Å²) in [7, 11) is 1.57. The second kappa shape index (κ2) is 7.79. The van der Waals surface area contributed by atoms with E-state index in [1.165, 1.54) is 18.2 Å². The van der Waals surface area contributed by atoms with Crippen LogP contribution in [0.15, 0.2) is 48.5 Å². The molecule has 0 unspecified atom stereocenters. The predicted octanol–water partition coefficient (Wildman–Crippen LogP) is 2.30. The molecule has 23 heavy (non-hydrogen) atoms. The Balaban J connectivity index is 1.87. The summed E-state index contributed by atoms with van der Waals surface area (Å²) in [5, 5.41) is 13.5. The average Bonchev–Trinajstić information content (AvgIpc) is 2.58. The van der Waals surface area contributed by atoms with E-state index in [0.717, 1.165) is 5.56 Å². The molecular weight excluding hydrogens is 300 g/mol. The number of amides is 1. The molecule has 0 saturated heterocycles. The highest BCUT2D eigenvalue weighted by atomic mass is 16.6. The van der Waals surface area contributed by atoms with Crippen molar-refractivity contribution in [3.05, 3.63) is 64.2 Å². The summed E-state index contributed by atoms with van der Waals surface area (Å²) in [4.78, 5) is 22.1. The zero-order valence-corrected chi connectivity index (χ0v) is 12.5. The van der Waals surface area contributed by atoms with Crippen molar-refractivity contribution in [1.29, 1.82) is 0 Å². The summed E-state index contributed by atoms with van der Waals surface area (Å²) < 4.78 is 10.3. The van der Waals surface area contributed by atoms with E-state index in [-0.39, 0.29) is 24.0 Å². The SMILES string of the molecule is COc1cccc(CNC(=O)COc2ccccc2[N+](=O)[O-])c1. The van der Waals surface area contributed by atoms with Gasteiger partial charge in [-0.3, -0.25) is 14.9 Å². The third-order valence-corrected chi connectivity index (χ3v) is 3.04. The van der Waals surface area contributed by atoms with E-state index < -0.39 is 4.92 Å². The lowest BCUT2D eigenvalue weighted by Gasteiger charge is -2.08. The molecule has 0 radical (unpaired) electrons. The lowest BCUT2D eigenvalue weighted by Crippen LogP contribution is -2.28. The molecule has 0 bridgehead atoms. The monoisotopic (exact) mass is 316 g/mol. The first-order valence-electron chi connectivity index (χ1n) is 6.86. The van der Waals surface area contributed by atoms with Crippen LogP contribution in [0.5, 0.6) is 11.5 Å². The Bertz CT molecular complexity index is 702. The standard InChI is InChI=1S/C16H16N2O5/c1-22-13-6-4-5-12(9-13)10-17-16(19)11-23-15-8-3-2-7-14(15)18(20)21/h2-9H,10-11H2,1H3,(H,17,19). The molecule has 0 aliphatic heterocycles. The molecule has 1 N–H and O–H groups in total. The van der Waals surface area contributed by atoms with Gasteiger partial charge in [0.15, 0.2) is 12.4 Å².